The van der Waals surface area contributed by atoms with E-state index in [4.69, 9.17) is 9.15 Å². The maximum Gasteiger partial charge on any atom is 0.416 e. The van der Waals surface area contributed by atoms with Gasteiger partial charge in [-0.3, -0.25) is 4.79 Å². The number of alkyl halides is 3. The van der Waals surface area contributed by atoms with Crippen LogP contribution in [0.5, 0.6) is 11.5 Å². The van der Waals surface area contributed by atoms with Crippen LogP contribution in [-0.4, -0.2) is 23.2 Å². The number of phenols is 1. The topological polar surface area (TPSA) is 84.6 Å². The third kappa shape index (κ3) is 5.54. The number of hydrogen-bond acceptors (Lipinski definition) is 7. The molecule has 6 nitrogen and oxygen atoms in total. The average Bonchev–Trinajstić information content (AvgIpc) is 3.28. The highest BCUT2D eigenvalue weighted by Crippen LogP contribution is 2.34. The molecule has 5 aromatic rings. The van der Waals surface area contributed by atoms with Crippen molar-refractivity contribution in [3.8, 4) is 22.8 Å². The van der Waals surface area contributed by atoms with E-state index in [9.17, 15) is 23.1 Å². The van der Waals surface area contributed by atoms with E-state index in [0.717, 1.165) is 24.1 Å². The van der Waals surface area contributed by atoms with Crippen molar-refractivity contribution in [3.63, 3.8) is 0 Å². The molecule has 10 heteroatoms. The van der Waals surface area contributed by atoms with Crippen LogP contribution in [0.2, 0.25) is 0 Å². The fraction of sp³-hybridized carbons (Fsp3) is 0.185. The van der Waals surface area contributed by atoms with E-state index in [1.54, 1.807) is 6.07 Å². The largest absolute Gasteiger partial charge is 0.507 e. The molecule has 0 fully saturated rings. The maximum atomic E-state index is 12.9. The van der Waals surface area contributed by atoms with Crippen LogP contribution in [0.3, 0.4) is 0 Å². The number of nitrogens with zero attached hydrogens (tertiary/aromatic N) is 1. The Balaban J connectivity index is 1.17. The molecule has 0 radical (unpaired) electrons. The molecular formula is C27H21F3N2O4S. The summed E-state index contributed by atoms with van der Waals surface area (Å²) in [5, 5.41) is 14.1. The van der Waals surface area contributed by atoms with E-state index in [0.29, 0.717) is 46.4 Å². The van der Waals surface area contributed by atoms with Gasteiger partial charge in [-0.25, -0.2) is 4.98 Å². The third-order valence-electron chi connectivity index (χ3n) is 5.67. The molecule has 0 aliphatic heterocycles. The lowest BCUT2D eigenvalue weighted by molar-refractivity contribution is -0.137. The molecule has 0 bridgehead atoms. The van der Waals surface area contributed by atoms with Crippen LogP contribution >= 0.6 is 11.3 Å². The number of nitrogens with one attached hydrogen (secondary N) is 1. The molecule has 2 N–H and O–H groups in total. The number of thiazole rings is 1. The van der Waals surface area contributed by atoms with Crippen LogP contribution in [0, 0.1) is 0 Å². The van der Waals surface area contributed by atoms with Gasteiger partial charge in [-0.15, -0.1) is 0 Å². The van der Waals surface area contributed by atoms with Crippen molar-refractivity contribution >= 4 is 37.7 Å². The van der Waals surface area contributed by atoms with Gasteiger partial charge in [0.15, 0.2) is 10.6 Å². The molecule has 5 rings (SSSR count). The number of anilines is 1. The van der Waals surface area contributed by atoms with Gasteiger partial charge in [-0.05, 0) is 31.0 Å². The molecule has 2 aromatic heterocycles. The summed E-state index contributed by atoms with van der Waals surface area (Å²) in [5.41, 5.74) is 0.450. The molecule has 0 saturated heterocycles. The number of ether oxygens (including phenoxy) is 1. The fourth-order valence-corrected chi connectivity index (χ4v) is 4.79. The number of hydrogen-bond donors (Lipinski definition) is 2. The Morgan fingerprint density at radius 1 is 1.03 bits per heavy atom. The predicted molar refractivity (Wildman–Crippen MR) is 137 cm³/mol. The summed E-state index contributed by atoms with van der Waals surface area (Å²) in [5.74, 6) is 0.551. The minimum Gasteiger partial charge on any atom is -0.507 e. The van der Waals surface area contributed by atoms with Crippen LogP contribution < -0.4 is 15.5 Å². The Morgan fingerprint density at radius 3 is 2.62 bits per heavy atom. The van der Waals surface area contributed by atoms with Crippen molar-refractivity contribution in [2.75, 3.05) is 18.5 Å². The molecule has 0 saturated carbocycles. The molecule has 0 aliphatic rings. The number of unbranched alkanes of at least 4 members (excludes halogenated alkanes) is 1. The monoisotopic (exact) mass is 526 g/mol. The molecular weight excluding hydrogens is 505 g/mol. The maximum absolute atomic E-state index is 12.9. The molecule has 0 aliphatic carbocycles. The van der Waals surface area contributed by atoms with Gasteiger partial charge in [0.1, 0.15) is 28.2 Å². The number of aromatic nitrogens is 1. The van der Waals surface area contributed by atoms with Crippen molar-refractivity contribution in [3.05, 3.63) is 82.5 Å². The van der Waals surface area contributed by atoms with Crippen molar-refractivity contribution in [1.82, 2.24) is 4.98 Å². The second-order valence-corrected chi connectivity index (χ2v) is 9.37. The molecule has 0 spiro atoms. The second kappa shape index (κ2) is 10.1. The quantitative estimate of drug-likeness (QED) is 0.211. The van der Waals surface area contributed by atoms with Gasteiger partial charge in [0.25, 0.3) is 0 Å². The van der Waals surface area contributed by atoms with Gasteiger partial charge in [0.05, 0.1) is 22.4 Å². The van der Waals surface area contributed by atoms with Gasteiger partial charge >= 0.3 is 6.18 Å². The molecule has 0 amide bonds. The Kier molecular flexibility index (Phi) is 6.75. The molecule has 190 valence electrons. The van der Waals surface area contributed by atoms with Crippen molar-refractivity contribution in [2.24, 2.45) is 0 Å². The summed E-state index contributed by atoms with van der Waals surface area (Å²) in [6.07, 6.45) is -3.00. The number of phenolic OH excluding ortho intramolecular Hbond substituents is 1. The van der Waals surface area contributed by atoms with Crippen molar-refractivity contribution in [1.29, 1.82) is 0 Å². The minimum atomic E-state index is -4.39. The standard InChI is InChI=1S/C27H21F3N2O4S/c28-27(29,30)17-8-9-19-24(12-17)37-26(32-19)31-10-4-5-11-35-18-13-20(33)25-21(34)15-22(36-23(25)14-18)16-6-2-1-3-7-16/h1-3,6-9,12-15,33H,4-5,10-11H2,(H,31,32). The van der Waals surface area contributed by atoms with E-state index in [2.05, 4.69) is 10.3 Å². The zero-order chi connectivity index (χ0) is 26.0. The molecule has 3 aromatic carbocycles. The highest BCUT2D eigenvalue weighted by atomic mass is 32.1. The van der Waals surface area contributed by atoms with E-state index < -0.39 is 11.7 Å². The summed E-state index contributed by atoms with van der Waals surface area (Å²) in [6, 6.07) is 17.0. The van der Waals surface area contributed by atoms with Gasteiger partial charge in [-0.1, -0.05) is 41.7 Å². The Hall–Kier alpha value is -4.05. The van der Waals surface area contributed by atoms with Crippen molar-refractivity contribution < 1.29 is 27.4 Å². The summed E-state index contributed by atoms with van der Waals surface area (Å²) in [7, 11) is 0. The zero-order valence-corrected chi connectivity index (χ0v) is 20.2. The SMILES string of the molecule is O=c1cc(-c2ccccc2)oc2cc(OCCCCNc3nc4ccc(C(F)(F)F)cc4s3)cc(O)c12. The van der Waals surface area contributed by atoms with Crippen LogP contribution in [0.25, 0.3) is 32.5 Å². The summed E-state index contributed by atoms with van der Waals surface area (Å²) < 4.78 is 50.8. The highest BCUT2D eigenvalue weighted by Gasteiger charge is 2.30. The first-order chi connectivity index (χ1) is 17.8. The predicted octanol–water partition coefficient (Wildman–Crippen LogP) is 7.07. The van der Waals surface area contributed by atoms with E-state index in [1.807, 2.05) is 30.3 Å². The van der Waals surface area contributed by atoms with E-state index in [1.165, 1.54) is 29.5 Å². The Bertz CT molecular complexity index is 1610. The first-order valence-corrected chi connectivity index (χ1v) is 12.3. The normalized spacial score (nSPS) is 11.8. The summed E-state index contributed by atoms with van der Waals surface area (Å²) in [4.78, 5) is 16.9. The van der Waals surface area contributed by atoms with Gasteiger partial charge < -0.3 is 19.6 Å². The van der Waals surface area contributed by atoms with E-state index >= 15 is 0 Å². The summed E-state index contributed by atoms with van der Waals surface area (Å²) >= 11 is 1.17. The lowest BCUT2D eigenvalue weighted by Gasteiger charge is -2.09. The highest BCUT2D eigenvalue weighted by molar-refractivity contribution is 7.22. The molecule has 0 unspecified atom stereocenters. The second-order valence-electron chi connectivity index (χ2n) is 8.34. The van der Waals surface area contributed by atoms with E-state index in [-0.39, 0.29) is 22.1 Å². The molecule has 37 heavy (non-hydrogen) atoms. The smallest absolute Gasteiger partial charge is 0.416 e. The molecule has 0 atom stereocenters. The van der Waals surface area contributed by atoms with Crippen LogP contribution in [0.1, 0.15) is 18.4 Å². The Labute approximate surface area is 213 Å². The van der Waals surface area contributed by atoms with Crippen LogP contribution in [-0.2, 0) is 6.18 Å². The van der Waals surface area contributed by atoms with Gasteiger partial charge in [-0.2, -0.15) is 13.2 Å². The lowest BCUT2D eigenvalue weighted by Crippen LogP contribution is -2.05. The fourth-order valence-electron chi connectivity index (χ4n) is 3.86. The lowest BCUT2D eigenvalue weighted by atomic mass is 10.1. The number of fused-ring (bicyclic) bond motifs is 2. The van der Waals surface area contributed by atoms with Crippen LogP contribution in [0.15, 0.2) is 75.9 Å². The molecule has 2 heterocycles. The first-order valence-electron chi connectivity index (χ1n) is 11.5. The minimum absolute atomic E-state index is 0.0921. The summed E-state index contributed by atoms with van der Waals surface area (Å²) in [6.45, 7) is 0.914. The number of aromatic hydroxyl groups is 1. The Morgan fingerprint density at radius 2 is 1.84 bits per heavy atom. The van der Waals surface area contributed by atoms with Gasteiger partial charge in [0, 0.05) is 30.3 Å². The third-order valence-corrected chi connectivity index (χ3v) is 6.65. The average molecular weight is 527 g/mol. The number of benzene rings is 3. The number of halogens is 3. The number of rotatable bonds is 8. The van der Waals surface area contributed by atoms with Gasteiger partial charge in [0.2, 0.25) is 0 Å². The zero-order valence-electron chi connectivity index (χ0n) is 19.3. The first kappa shape index (κ1) is 24.6. The van der Waals surface area contributed by atoms with Crippen LogP contribution in [0.4, 0.5) is 18.3 Å². The van der Waals surface area contributed by atoms with Crippen molar-refractivity contribution in [2.45, 2.75) is 19.0 Å².